The molecule has 1 heterocycles. The molecule has 0 radical (unpaired) electrons. The molecule has 0 saturated carbocycles. The summed E-state index contributed by atoms with van der Waals surface area (Å²) in [6, 6.07) is 2.21. The van der Waals surface area contributed by atoms with Gasteiger partial charge in [0, 0.05) is 31.5 Å². The van der Waals surface area contributed by atoms with Gasteiger partial charge in [0.15, 0.2) is 0 Å². The van der Waals surface area contributed by atoms with Crippen molar-refractivity contribution in [3.05, 3.63) is 24.0 Å². The van der Waals surface area contributed by atoms with Crippen LogP contribution in [-0.2, 0) is 13.1 Å². The van der Waals surface area contributed by atoms with Crippen LogP contribution >= 0.6 is 0 Å². The number of halogens is 3. The van der Waals surface area contributed by atoms with Crippen molar-refractivity contribution in [3.8, 4) is 0 Å². The van der Waals surface area contributed by atoms with E-state index in [4.69, 9.17) is 0 Å². The molecule has 1 aromatic heterocycles. The van der Waals surface area contributed by atoms with Gasteiger partial charge in [-0.3, -0.25) is 0 Å². The Balaban J connectivity index is 2.39. The highest BCUT2D eigenvalue weighted by atomic mass is 19.4. The van der Waals surface area contributed by atoms with Gasteiger partial charge in [-0.1, -0.05) is 13.8 Å². The molecule has 0 fully saturated rings. The zero-order valence-electron chi connectivity index (χ0n) is 9.51. The van der Waals surface area contributed by atoms with Crippen LogP contribution in [0.5, 0.6) is 0 Å². The van der Waals surface area contributed by atoms with Crippen LogP contribution in [0.4, 0.5) is 13.2 Å². The fourth-order valence-electron chi connectivity index (χ4n) is 1.31. The largest absolute Gasteiger partial charge is 0.390 e. The lowest BCUT2D eigenvalue weighted by molar-refractivity contribution is -0.136. The van der Waals surface area contributed by atoms with Crippen molar-refractivity contribution in [1.82, 2.24) is 9.88 Å². The van der Waals surface area contributed by atoms with Crippen molar-refractivity contribution in [2.75, 3.05) is 0 Å². The molecule has 0 spiro atoms. The van der Waals surface area contributed by atoms with Crippen molar-refractivity contribution in [1.29, 1.82) is 0 Å². The van der Waals surface area contributed by atoms with E-state index in [2.05, 4.69) is 5.32 Å². The third-order valence-electron chi connectivity index (χ3n) is 2.18. The first kappa shape index (κ1) is 13.1. The number of hydrogen-bond acceptors (Lipinski definition) is 1. The number of aryl methyl sites for hydroxylation is 1. The van der Waals surface area contributed by atoms with Gasteiger partial charge in [0.25, 0.3) is 0 Å². The van der Waals surface area contributed by atoms with Crippen molar-refractivity contribution in [2.45, 2.75) is 45.6 Å². The smallest absolute Gasteiger partial charge is 0.354 e. The molecule has 16 heavy (non-hydrogen) atoms. The Kier molecular flexibility index (Phi) is 4.41. The second kappa shape index (κ2) is 5.39. The lowest BCUT2D eigenvalue weighted by Crippen LogP contribution is -2.21. The Labute approximate surface area is 93.5 Å². The van der Waals surface area contributed by atoms with Gasteiger partial charge in [-0.15, -0.1) is 0 Å². The van der Waals surface area contributed by atoms with Crippen LogP contribution in [0.25, 0.3) is 0 Å². The Morgan fingerprint density at radius 3 is 2.62 bits per heavy atom. The molecular weight excluding hydrogens is 217 g/mol. The maximum atomic E-state index is 12.0. The zero-order chi connectivity index (χ0) is 12.2. The van der Waals surface area contributed by atoms with Gasteiger partial charge in [-0.25, -0.2) is 0 Å². The molecule has 0 aliphatic heterocycles. The van der Waals surface area contributed by atoms with Crippen molar-refractivity contribution in [2.24, 2.45) is 0 Å². The highest BCUT2D eigenvalue weighted by Crippen LogP contribution is 2.20. The first-order chi connectivity index (χ1) is 7.37. The maximum absolute atomic E-state index is 12.0. The highest BCUT2D eigenvalue weighted by molar-refractivity contribution is 5.09. The third-order valence-corrected chi connectivity index (χ3v) is 2.18. The third kappa shape index (κ3) is 5.21. The average molecular weight is 234 g/mol. The number of aromatic nitrogens is 1. The summed E-state index contributed by atoms with van der Waals surface area (Å²) in [6.45, 7) is 4.74. The van der Waals surface area contributed by atoms with Crippen LogP contribution in [0.15, 0.2) is 18.5 Å². The number of rotatable bonds is 5. The van der Waals surface area contributed by atoms with E-state index in [9.17, 15) is 13.2 Å². The second-order valence-electron chi connectivity index (χ2n) is 4.16. The highest BCUT2D eigenvalue weighted by Gasteiger charge is 2.26. The van der Waals surface area contributed by atoms with E-state index in [-0.39, 0.29) is 6.54 Å². The number of nitrogens with one attached hydrogen (secondary N) is 1. The van der Waals surface area contributed by atoms with E-state index in [1.54, 1.807) is 17.0 Å². The summed E-state index contributed by atoms with van der Waals surface area (Å²) in [5.41, 5.74) is 1.01. The maximum Gasteiger partial charge on any atom is 0.390 e. The molecule has 0 amide bonds. The molecule has 92 valence electrons. The fraction of sp³-hybridized carbons (Fsp3) is 0.636. The van der Waals surface area contributed by atoms with Crippen LogP contribution in [-0.4, -0.2) is 16.8 Å². The van der Waals surface area contributed by atoms with Gasteiger partial charge < -0.3 is 9.88 Å². The Morgan fingerprint density at radius 1 is 1.38 bits per heavy atom. The number of alkyl halides is 3. The van der Waals surface area contributed by atoms with E-state index in [0.29, 0.717) is 12.6 Å². The molecule has 5 heteroatoms. The van der Waals surface area contributed by atoms with Gasteiger partial charge >= 0.3 is 6.18 Å². The molecule has 0 atom stereocenters. The first-order valence-electron chi connectivity index (χ1n) is 5.31. The molecule has 0 saturated heterocycles. The molecule has 2 nitrogen and oxygen atoms in total. The quantitative estimate of drug-likeness (QED) is 0.828. The predicted octanol–water partition coefficient (Wildman–Crippen LogP) is 2.94. The van der Waals surface area contributed by atoms with E-state index >= 15 is 0 Å². The van der Waals surface area contributed by atoms with Crippen molar-refractivity contribution >= 4 is 0 Å². The summed E-state index contributed by atoms with van der Waals surface area (Å²) >= 11 is 0. The van der Waals surface area contributed by atoms with E-state index in [1.807, 2.05) is 19.9 Å². The lowest BCUT2D eigenvalue weighted by atomic mass is 10.3. The minimum atomic E-state index is -4.08. The predicted molar refractivity (Wildman–Crippen MR) is 57.1 cm³/mol. The molecule has 1 aromatic rings. The summed E-state index contributed by atoms with van der Waals surface area (Å²) < 4.78 is 37.5. The Morgan fingerprint density at radius 2 is 2.06 bits per heavy atom. The molecular formula is C11H17F3N2. The van der Waals surface area contributed by atoms with E-state index in [1.165, 1.54) is 0 Å². The molecule has 0 aromatic carbocycles. The molecule has 1 rings (SSSR count). The summed E-state index contributed by atoms with van der Waals surface area (Å²) in [6.07, 6.45) is -1.43. The van der Waals surface area contributed by atoms with Gasteiger partial charge in [0.2, 0.25) is 0 Å². The van der Waals surface area contributed by atoms with Crippen LogP contribution < -0.4 is 5.32 Å². The van der Waals surface area contributed by atoms with E-state index in [0.717, 1.165) is 5.56 Å². The van der Waals surface area contributed by atoms with Crippen LogP contribution in [0.1, 0.15) is 25.8 Å². The van der Waals surface area contributed by atoms with Crippen molar-refractivity contribution < 1.29 is 13.2 Å². The minimum absolute atomic E-state index is 0.00875. The van der Waals surface area contributed by atoms with Crippen LogP contribution in [0.2, 0.25) is 0 Å². The van der Waals surface area contributed by atoms with Gasteiger partial charge in [0.1, 0.15) is 0 Å². The molecule has 0 aliphatic carbocycles. The van der Waals surface area contributed by atoms with Crippen LogP contribution in [0, 0.1) is 0 Å². The van der Waals surface area contributed by atoms with Crippen molar-refractivity contribution in [3.63, 3.8) is 0 Å². The Hall–Kier alpha value is -0.970. The monoisotopic (exact) mass is 234 g/mol. The average Bonchev–Trinajstić information content (AvgIpc) is 2.58. The van der Waals surface area contributed by atoms with Gasteiger partial charge in [-0.05, 0) is 11.6 Å². The molecule has 0 aliphatic rings. The molecule has 1 N–H and O–H groups in total. The minimum Gasteiger partial charge on any atom is -0.354 e. The zero-order valence-corrected chi connectivity index (χ0v) is 9.51. The number of hydrogen-bond donors (Lipinski definition) is 1. The van der Waals surface area contributed by atoms with Gasteiger partial charge in [0.05, 0.1) is 6.42 Å². The summed E-state index contributed by atoms with van der Waals surface area (Å²) in [5.74, 6) is 0. The lowest BCUT2D eigenvalue weighted by Gasteiger charge is -2.07. The summed E-state index contributed by atoms with van der Waals surface area (Å²) in [4.78, 5) is 0. The fourth-order valence-corrected chi connectivity index (χ4v) is 1.31. The van der Waals surface area contributed by atoms with Crippen LogP contribution in [0.3, 0.4) is 0 Å². The van der Waals surface area contributed by atoms with Gasteiger partial charge in [-0.2, -0.15) is 13.2 Å². The van der Waals surface area contributed by atoms with E-state index < -0.39 is 12.6 Å². The molecule has 0 bridgehead atoms. The molecule has 0 unspecified atom stereocenters. The topological polar surface area (TPSA) is 17.0 Å². The standard InChI is InChI=1S/C11H17F3N2/c1-9(2)15-7-10-3-5-16(8-10)6-4-11(12,13)14/h3,5,8-9,15H,4,6-7H2,1-2H3. The Bertz CT molecular complexity index is 315. The normalized spacial score (nSPS) is 12.4. The second-order valence-corrected chi connectivity index (χ2v) is 4.16. The summed E-state index contributed by atoms with van der Waals surface area (Å²) in [5, 5.41) is 3.21. The first-order valence-corrected chi connectivity index (χ1v) is 5.31. The SMILES string of the molecule is CC(C)NCc1ccn(CCC(F)(F)F)c1. The summed E-state index contributed by atoms with van der Waals surface area (Å²) in [7, 11) is 0. The number of nitrogens with zero attached hydrogens (tertiary/aromatic N) is 1.